The van der Waals surface area contributed by atoms with Gasteiger partial charge >= 0.3 is 6.03 Å². The van der Waals surface area contributed by atoms with E-state index >= 15 is 0 Å². The van der Waals surface area contributed by atoms with Crippen molar-refractivity contribution in [2.45, 2.75) is 12.0 Å². The van der Waals surface area contributed by atoms with E-state index in [0.29, 0.717) is 43.3 Å². The molecule has 2 atom stereocenters. The van der Waals surface area contributed by atoms with Gasteiger partial charge in [0.25, 0.3) is 0 Å². The third-order valence-corrected chi connectivity index (χ3v) is 5.72. The number of carbonyl (C=O) groups is 1. The number of urea groups is 1. The molecule has 0 spiro atoms. The first-order valence-electron chi connectivity index (χ1n) is 10.6. The van der Waals surface area contributed by atoms with Crippen molar-refractivity contribution >= 4 is 11.8 Å². The van der Waals surface area contributed by atoms with Crippen LogP contribution in [0.1, 0.15) is 11.5 Å². The molecule has 2 N–H and O–H groups in total. The maximum absolute atomic E-state index is 13.9. The van der Waals surface area contributed by atoms with Crippen LogP contribution in [-0.4, -0.2) is 65.1 Å². The Morgan fingerprint density at radius 2 is 2.00 bits per heavy atom. The van der Waals surface area contributed by atoms with E-state index in [2.05, 4.69) is 25.6 Å². The van der Waals surface area contributed by atoms with E-state index in [1.54, 1.807) is 37.3 Å². The van der Waals surface area contributed by atoms with Gasteiger partial charge in [0.1, 0.15) is 17.5 Å². The first-order chi connectivity index (χ1) is 15.9. The predicted octanol–water partition coefficient (Wildman–Crippen LogP) is 3.00. The Labute approximate surface area is 190 Å². The molecule has 0 aliphatic carbocycles. The Balaban J connectivity index is 1.48. The number of amides is 2. The number of carbonyl (C=O) groups excluding carboxylic acids is 1. The number of methoxy groups -OCH3 is 1. The van der Waals surface area contributed by atoms with Crippen LogP contribution in [0.25, 0.3) is 11.3 Å². The number of benzene rings is 1. The molecular weight excluding hydrogens is 430 g/mol. The highest BCUT2D eigenvalue weighted by atomic mass is 19.1. The van der Waals surface area contributed by atoms with Crippen LogP contribution in [0.4, 0.5) is 19.4 Å². The molecular formula is C23H26F2N6O2. The Morgan fingerprint density at radius 3 is 2.70 bits per heavy atom. The number of aromatic nitrogens is 3. The zero-order valence-electron chi connectivity index (χ0n) is 18.5. The third-order valence-electron chi connectivity index (χ3n) is 5.72. The molecule has 8 nitrogen and oxygen atoms in total. The highest BCUT2D eigenvalue weighted by Crippen LogP contribution is 2.29. The van der Waals surface area contributed by atoms with Crippen molar-refractivity contribution in [3.8, 4) is 11.3 Å². The van der Waals surface area contributed by atoms with E-state index in [-0.39, 0.29) is 12.0 Å². The molecule has 0 bridgehead atoms. The second kappa shape index (κ2) is 10.1. The lowest BCUT2D eigenvalue weighted by Gasteiger charge is -2.20. The van der Waals surface area contributed by atoms with E-state index in [1.807, 2.05) is 12.1 Å². The first-order valence-corrected chi connectivity index (χ1v) is 10.6. The van der Waals surface area contributed by atoms with Gasteiger partial charge in [-0.3, -0.25) is 19.9 Å². The van der Waals surface area contributed by atoms with Crippen LogP contribution in [0.3, 0.4) is 0 Å². The SMILES string of the molecule is COCCN1C[C@@H](NC(=O)Nc2cc(-c3cccnc3)nn2C)[C@H](c2cc(F)cc(F)c2)C1. The molecule has 3 aromatic rings. The minimum Gasteiger partial charge on any atom is -0.383 e. The zero-order valence-corrected chi connectivity index (χ0v) is 18.5. The standard InChI is InChI=1S/C23H26F2N6O2/c1-30-22(11-20(29-30)15-4-3-5-26-12-15)28-23(32)27-21-14-31(6-7-33-2)13-19(21)16-8-17(24)10-18(25)9-16/h3-5,8-12,19,21H,6-7,13-14H2,1-2H3,(H2,27,28,32)/t19-,21+/m0/s1. The molecule has 10 heteroatoms. The second-order valence-electron chi connectivity index (χ2n) is 8.05. The maximum Gasteiger partial charge on any atom is 0.320 e. The fourth-order valence-electron chi connectivity index (χ4n) is 4.12. The lowest BCUT2D eigenvalue weighted by molar-refractivity contribution is 0.159. The van der Waals surface area contributed by atoms with Crippen molar-refractivity contribution < 1.29 is 18.3 Å². The summed E-state index contributed by atoms with van der Waals surface area (Å²) in [5, 5.41) is 10.2. The van der Waals surface area contributed by atoms with E-state index in [1.165, 1.54) is 12.1 Å². The molecule has 1 aliphatic rings. The summed E-state index contributed by atoms with van der Waals surface area (Å²) in [6.07, 6.45) is 3.37. The van der Waals surface area contributed by atoms with Crippen molar-refractivity contribution in [3.05, 3.63) is 66.0 Å². The van der Waals surface area contributed by atoms with Gasteiger partial charge in [-0.05, 0) is 29.8 Å². The number of likely N-dealkylation sites (tertiary alicyclic amines) is 1. The molecule has 2 amide bonds. The van der Waals surface area contributed by atoms with Crippen molar-refractivity contribution in [1.82, 2.24) is 25.0 Å². The van der Waals surface area contributed by atoms with Gasteiger partial charge in [0.15, 0.2) is 0 Å². The van der Waals surface area contributed by atoms with Crippen LogP contribution >= 0.6 is 0 Å². The Kier molecular flexibility index (Phi) is 6.95. The number of nitrogens with one attached hydrogen (secondary N) is 2. The number of aryl methyl sites for hydroxylation is 1. The summed E-state index contributed by atoms with van der Waals surface area (Å²) in [4.78, 5) is 19.0. The molecule has 0 saturated carbocycles. The molecule has 33 heavy (non-hydrogen) atoms. The summed E-state index contributed by atoms with van der Waals surface area (Å²) in [6.45, 7) is 2.26. The van der Waals surface area contributed by atoms with Gasteiger partial charge in [0.05, 0.1) is 18.3 Å². The second-order valence-corrected chi connectivity index (χ2v) is 8.05. The van der Waals surface area contributed by atoms with Gasteiger partial charge < -0.3 is 10.1 Å². The number of hydrogen-bond acceptors (Lipinski definition) is 5. The zero-order chi connectivity index (χ0) is 23.4. The van der Waals surface area contributed by atoms with E-state index in [0.717, 1.165) is 11.6 Å². The summed E-state index contributed by atoms with van der Waals surface area (Å²) >= 11 is 0. The number of hydrogen-bond donors (Lipinski definition) is 2. The van der Waals surface area contributed by atoms with Gasteiger partial charge in [-0.25, -0.2) is 13.6 Å². The third kappa shape index (κ3) is 5.52. The highest BCUT2D eigenvalue weighted by Gasteiger charge is 2.35. The molecule has 2 aromatic heterocycles. The van der Waals surface area contributed by atoms with Gasteiger partial charge in [-0.15, -0.1) is 0 Å². The lowest BCUT2D eigenvalue weighted by atomic mass is 9.94. The highest BCUT2D eigenvalue weighted by molar-refractivity contribution is 5.89. The van der Waals surface area contributed by atoms with Crippen LogP contribution in [0.15, 0.2) is 48.8 Å². The molecule has 4 rings (SSSR count). The molecule has 1 fully saturated rings. The normalized spacial score (nSPS) is 18.4. The molecule has 1 aliphatic heterocycles. The Morgan fingerprint density at radius 1 is 1.21 bits per heavy atom. The smallest absolute Gasteiger partial charge is 0.320 e. The summed E-state index contributed by atoms with van der Waals surface area (Å²) in [7, 11) is 3.35. The number of nitrogens with zero attached hydrogens (tertiary/aromatic N) is 4. The van der Waals surface area contributed by atoms with Crippen LogP contribution in [0, 0.1) is 11.6 Å². The van der Waals surface area contributed by atoms with Crippen molar-refractivity contribution in [2.75, 3.05) is 38.7 Å². The van der Waals surface area contributed by atoms with Crippen molar-refractivity contribution in [1.29, 1.82) is 0 Å². The minimum absolute atomic E-state index is 0.268. The molecule has 174 valence electrons. The molecule has 3 heterocycles. The topological polar surface area (TPSA) is 84.3 Å². The fourth-order valence-corrected chi connectivity index (χ4v) is 4.12. The number of anilines is 1. The van der Waals surface area contributed by atoms with E-state index in [4.69, 9.17) is 4.74 Å². The monoisotopic (exact) mass is 456 g/mol. The number of rotatable bonds is 7. The Bertz CT molecular complexity index is 1090. The van der Waals surface area contributed by atoms with Crippen molar-refractivity contribution in [2.24, 2.45) is 7.05 Å². The quantitative estimate of drug-likeness (QED) is 0.571. The largest absolute Gasteiger partial charge is 0.383 e. The molecule has 0 unspecified atom stereocenters. The average molecular weight is 456 g/mol. The lowest BCUT2D eigenvalue weighted by Crippen LogP contribution is -2.42. The molecule has 0 radical (unpaired) electrons. The van der Waals surface area contributed by atoms with Crippen LogP contribution in [0.2, 0.25) is 0 Å². The van der Waals surface area contributed by atoms with Crippen LogP contribution in [-0.2, 0) is 11.8 Å². The Hall–Kier alpha value is -3.37. The number of ether oxygens (including phenoxy) is 1. The first kappa shape index (κ1) is 22.8. The minimum atomic E-state index is -0.638. The van der Waals surface area contributed by atoms with Crippen molar-refractivity contribution in [3.63, 3.8) is 0 Å². The summed E-state index contributed by atoms with van der Waals surface area (Å²) in [6, 6.07) is 8.19. The number of halogens is 2. The maximum atomic E-state index is 13.9. The molecule has 1 aromatic carbocycles. The predicted molar refractivity (Wildman–Crippen MR) is 120 cm³/mol. The summed E-state index contributed by atoms with van der Waals surface area (Å²) < 4.78 is 34.4. The summed E-state index contributed by atoms with van der Waals surface area (Å²) in [5.41, 5.74) is 2.03. The van der Waals surface area contributed by atoms with Gasteiger partial charge in [0, 0.05) is 69.8 Å². The fraction of sp³-hybridized carbons (Fsp3) is 0.348. The van der Waals surface area contributed by atoms with Gasteiger partial charge in [0.2, 0.25) is 0 Å². The molecule has 1 saturated heterocycles. The van der Waals surface area contributed by atoms with Crippen LogP contribution in [0.5, 0.6) is 0 Å². The average Bonchev–Trinajstić information content (AvgIpc) is 3.35. The van der Waals surface area contributed by atoms with Gasteiger partial charge in [-0.1, -0.05) is 0 Å². The van der Waals surface area contributed by atoms with Gasteiger partial charge in [-0.2, -0.15) is 5.10 Å². The summed E-state index contributed by atoms with van der Waals surface area (Å²) in [5.74, 6) is -1.04. The number of pyridine rings is 1. The van der Waals surface area contributed by atoms with Crippen LogP contribution < -0.4 is 10.6 Å². The van der Waals surface area contributed by atoms with E-state index in [9.17, 15) is 13.6 Å². The van der Waals surface area contributed by atoms with E-state index < -0.39 is 17.7 Å².